The second-order valence-electron chi connectivity index (χ2n) is 7.32. The zero-order valence-corrected chi connectivity index (χ0v) is 16.8. The van der Waals surface area contributed by atoms with Gasteiger partial charge in [-0.05, 0) is 24.6 Å². The van der Waals surface area contributed by atoms with Crippen LogP contribution in [0.2, 0.25) is 0 Å². The van der Waals surface area contributed by atoms with E-state index >= 15 is 0 Å². The summed E-state index contributed by atoms with van der Waals surface area (Å²) in [6, 6.07) is 6.78. The van der Waals surface area contributed by atoms with Crippen LogP contribution < -0.4 is 9.47 Å². The first-order valence-electron chi connectivity index (χ1n) is 9.51. The third-order valence-corrected chi connectivity index (χ3v) is 4.68. The molecule has 0 spiro atoms. The van der Waals surface area contributed by atoms with E-state index in [0.29, 0.717) is 11.1 Å². The average Bonchev–Trinajstić information content (AvgIpc) is 2.72. The summed E-state index contributed by atoms with van der Waals surface area (Å²) in [6.07, 6.45) is -2.87. The first kappa shape index (κ1) is 22.3. The van der Waals surface area contributed by atoms with Gasteiger partial charge in [-0.3, -0.25) is 0 Å². The van der Waals surface area contributed by atoms with Crippen molar-refractivity contribution in [3.8, 4) is 28.7 Å². The Hall–Kier alpha value is -3.43. The fourth-order valence-electron chi connectivity index (χ4n) is 3.11. The van der Waals surface area contributed by atoms with Crippen molar-refractivity contribution in [3.63, 3.8) is 0 Å². The number of hydrogen-bond acceptors (Lipinski definition) is 9. The predicted octanol–water partition coefficient (Wildman–Crippen LogP) is 1.70. The van der Waals surface area contributed by atoms with Crippen LogP contribution in [0.15, 0.2) is 42.5 Å². The highest BCUT2D eigenvalue weighted by Crippen LogP contribution is 2.43. The van der Waals surface area contributed by atoms with Crippen molar-refractivity contribution in [2.75, 3.05) is 13.2 Å². The molecule has 0 bridgehead atoms. The molecule has 2 aromatic carbocycles. The average molecular weight is 432 g/mol. The molecule has 5 N–H and O–H groups in total. The maximum Gasteiger partial charge on any atom is 0.333 e. The van der Waals surface area contributed by atoms with Crippen LogP contribution in [0, 0.1) is 0 Å². The van der Waals surface area contributed by atoms with Crippen molar-refractivity contribution in [3.05, 3.63) is 53.6 Å². The Morgan fingerprint density at radius 2 is 1.94 bits per heavy atom. The molecule has 0 saturated heterocycles. The van der Waals surface area contributed by atoms with Gasteiger partial charge in [0.2, 0.25) is 0 Å². The summed E-state index contributed by atoms with van der Waals surface area (Å²) in [4.78, 5) is 11.4. The Bertz CT molecular complexity index is 985. The molecular formula is C22H24O9. The van der Waals surface area contributed by atoms with Gasteiger partial charge < -0.3 is 39.7 Å². The normalized spacial score (nSPS) is 18.4. The molecule has 166 valence electrons. The van der Waals surface area contributed by atoms with Crippen LogP contribution in [-0.4, -0.2) is 56.9 Å². The van der Waals surface area contributed by atoms with Gasteiger partial charge in [0, 0.05) is 29.7 Å². The van der Waals surface area contributed by atoms with Crippen LogP contribution >= 0.6 is 0 Å². The zero-order valence-electron chi connectivity index (χ0n) is 16.8. The number of phenolic OH excluding ortho intramolecular Hbond substituents is 3. The molecule has 0 aromatic heterocycles. The van der Waals surface area contributed by atoms with E-state index in [2.05, 4.69) is 6.58 Å². The first-order valence-corrected chi connectivity index (χ1v) is 9.51. The minimum absolute atomic E-state index is 0.109. The number of aliphatic hydroxyl groups excluding tert-OH is 2. The molecule has 1 aliphatic rings. The number of rotatable bonds is 7. The van der Waals surface area contributed by atoms with E-state index in [4.69, 9.17) is 14.2 Å². The highest BCUT2D eigenvalue weighted by molar-refractivity contribution is 5.86. The number of aliphatic hydroxyl groups is 2. The standard InChI is InChI=1S/C22H24O9/c1-11(2)22(28)30-10-14(24)9-29-19-6-13(23)7-20-15(19)8-18(27)21(31-20)12-3-4-16(25)17(26)5-12/h3-7,14,18,21,23-27H,1,8-10H2,2H3. The lowest BCUT2D eigenvalue weighted by Crippen LogP contribution is -2.31. The molecule has 1 aliphatic heterocycles. The monoisotopic (exact) mass is 432 g/mol. The number of hydrogen-bond donors (Lipinski definition) is 5. The molecule has 3 unspecified atom stereocenters. The number of aromatic hydroxyl groups is 3. The lowest BCUT2D eigenvalue weighted by molar-refractivity contribution is -0.142. The molecule has 0 aliphatic carbocycles. The summed E-state index contributed by atoms with van der Waals surface area (Å²) in [6.45, 7) is 4.41. The first-order chi connectivity index (χ1) is 14.7. The number of fused-ring (bicyclic) bond motifs is 1. The van der Waals surface area contributed by atoms with Gasteiger partial charge in [-0.15, -0.1) is 0 Å². The minimum atomic E-state index is -1.12. The Kier molecular flexibility index (Phi) is 6.57. The topological polar surface area (TPSA) is 146 Å². The molecule has 9 nitrogen and oxygen atoms in total. The lowest BCUT2D eigenvalue weighted by Gasteiger charge is -2.32. The summed E-state index contributed by atoms with van der Waals surface area (Å²) >= 11 is 0. The zero-order chi connectivity index (χ0) is 22.7. The van der Waals surface area contributed by atoms with Crippen LogP contribution in [0.4, 0.5) is 0 Å². The molecule has 0 radical (unpaired) electrons. The third-order valence-electron chi connectivity index (χ3n) is 4.68. The van der Waals surface area contributed by atoms with E-state index < -0.39 is 24.3 Å². The van der Waals surface area contributed by atoms with Gasteiger partial charge in [-0.2, -0.15) is 0 Å². The Balaban J connectivity index is 1.73. The summed E-state index contributed by atoms with van der Waals surface area (Å²) in [7, 11) is 0. The van der Waals surface area contributed by atoms with Gasteiger partial charge in [-0.25, -0.2) is 4.79 Å². The maximum absolute atomic E-state index is 11.4. The molecule has 2 aromatic rings. The Morgan fingerprint density at radius 3 is 2.61 bits per heavy atom. The fraction of sp³-hybridized carbons (Fsp3) is 0.318. The summed E-state index contributed by atoms with van der Waals surface area (Å²) in [5, 5.41) is 49.8. The minimum Gasteiger partial charge on any atom is -0.508 e. The van der Waals surface area contributed by atoms with Crippen LogP contribution in [-0.2, 0) is 16.0 Å². The molecule has 0 saturated carbocycles. The molecule has 9 heteroatoms. The van der Waals surface area contributed by atoms with Gasteiger partial charge in [-0.1, -0.05) is 12.6 Å². The van der Waals surface area contributed by atoms with Crippen molar-refractivity contribution in [1.29, 1.82) is 0 Å². The number of carbonyl (C=O) groups is 1. The lowest BCUT2D eigenvalue weighted by atomic mass is 9.94. The number of benzene rings is 2. The van der Waals surface area contributed by atoms with Crippen molar-refractivity contribution in [2.45, 2.75) is 31.7 Å². The van der Waals surface area contributed by atoms with Crippen molar-refractivity contribution in [1.82, 2.24) is 0 Å². The Labute approximate surface area is 178 Å². The van der Waals surface area contributed by atoms with Crippen LogP contribution in [0.3, 0.4) is 0 Å². The number of phenols is 3. The quantitative estimate of drug-likeness (QED) is 0.251. The second-order valence-corrected chi connectivity index (χ2v) is 7.32. The highest BCUT2D eigenvalue weighted by atomic mass is 16.5. The van der Waals surface area contributed by atoms with Crippen LogP contribution in [0.5, 0.6) is 28.7 Å². The van der Waals surface area contributed by atoms with E-state index in [9.17, 15) is 30.3 Å². The largest absolute Gasteiger partial charge is 0.508 e. The molecule has 3 atom stereocenters. The Morgan fingerprint density at radius 1 is 1.19 bits per heavy atom. The molecular weight excluding hydrogens is 408 g/mol. The third kappa shape index (κ3) is 5.19. The number of carbonyl (C=O) groups excluding carboxylic acids is 1. The smallest absolute Gasteiger partial charge is 0.333 e. The van der Waals surface area contributed by atoms with E-state index in [-0.39, 0.29) is 54.0 Å². The van der Waals surface area contributed by atoms with Gasteiger partial charge in [0.25, 0.3) is 0 Å². The molecule has 3 rings (SSSR count). The van der Waals surface area contributed by atoms with E-state index in [1.54, 1.807) is 0 Å². The van der Waals surface area contributed by atoms with Crippen LogP contribution in [0.1, 0.15) is 24.2 Å². The summed E-state index contributed by atoms with van der Waals surface area (Å²) in [5.74, 6) is -0.958. The van der Waals surface area contributed by atoms with Gasteiger partial charge in [0.15, 0.2) is 11.5 Å². The second kappa shape index (κ2) is 9.15. The summed E-state index contributed by atoms with van der Waals surface area (Å²) < 4.78 is 16.3. The number of ether oxygens (including phenoxy) is 3. The van der Waals surface area contributed by atoms with Crippen molar-refractivity contribution < 1.29 is 44.5 Å². The maximum atomic E-state index is 11.4. The van der Waals surface area contributed by atoms with Gasteiger partial charge in [0.1, 0.15) is 42.7 Å². The van der Waals surface area contributed by atoms with Crippen molar-refractivity contribution >= 4 is 5.97 Å². The molecule has 1 heterocycles. The van der Waals surface area contributed by atoms with E-state index in [1.807, 2.05) is 0 Å². The van der Waals surface area contributed by atoms with E-state index in [1.165, 1.54) is 37.3 Å². The van der Waals surface area contributed by atoms with Crippen LogP contribution in [0.25, 0.3) is 0 Å². The van der Waals surface area contributed by atoms with E-state index in [0.717, 1.165) is 0 Å². The highest BCUT2D eigenvalue weighted by Gasteiger charge is 2.33. The van der Waals surface area contributed by atoms with Gasteiger partial charge >= 0.3 is 5.97 Å². The predicted molar refractivity (Wildman–Crippen MR) is 108 cm³/mol. The van der Waals surface area contributed by atoms with Crippen molar-refractivity contribution in [2.24, 2.45) is 0 Å². The molecule has 0 amide bonds. The molecule has 0 fully saturated rings. The molecule has 31 heavy (non-hydrogen) atoms. The fourth-order valence-corrected chi connectivity index (χ4v) is 3.11. The number of esters is 1. The summed E-state index contributed by atoms with van der Waals surface area (Å²) in [5.41, 5.74) is 1.13. The van der Waals surface area contributed by atoms with Gasteiger partial charge in [0.05, 0.1) is 6.10 Å². The SMILES string of the molecule is C=C(C)C(=O)OCC(O)COc1cc(O)cc2c1CC(O)C(c1ccc(O)c(O)c1)O2.